The van der Waals surface area contributed by atoms with Crippen LogP contribution < -0.4 is 20.1 Å². The average Bonchev–Trinajstić information content (AvgIpc) is 3.05. The van der Waals surface area contributed by atoms with E-state index in [1.54, 1.807) is 47.4 Å². The Bertz CT molecular complexity index is 1540. The predicted octanol–water partition coefficient (Wildman–Crippen LogP) is 4.00. The number of aryl methyl sites for hydroxylation is 1. The van der Waals surface area contributed by atoms with Crippen LogP contribution in [0.3, 0.4) is 0 Å². The van der Waals surface area contributed by atoms with Crippen LogP contribution in [-0.2, 0) is 16.0 Å². The van der Waals surface area contributed by atoms with Crippen LogP contribution in [0.5, 0.6) is 11.5 Å². The van der Waals surface area contributed by atoms with Crippen molar-refractivity contribution < 1.29 is 33.8 Å². The Kier molecular flexibility index (Phi) is 12.7. The number of carboxylic acids is 1. The lowest BCUT2D eigenvalue weighted by molar-refractivity contribution is -0.139. The second-order valence-electron chi connectivity index (χ2n) is 11.4. The van der Waals surface area contributed by atoms with E-state index in [-0.39, 0.29) is 31.3 Å². The average molecular weight is 646 g/mol. The molecule has 3 aromatic rings. The molecule has 4 rings (SSSR count). The zero-order chi connectivity index (χ0) is 33.8. The van der Waals surface area contributed by atoms with Crippen molar-refractivity contribution in [2.75, 3.05) is 76.7 Å². The first-order valence-electron chi connectivity index (χ1n) is 15.6. The Morgan fingerprint density at radius 1 is 0.872 bits per heavy atom. The molecule has 0 bridgehead atoms. The number of amides is 3. The van der Waals surface area contributed by atoms with Crippen LogP contribution in [-0.4, -0.2) is 110 Å². The summed E-state index contributed by atoms with van der Waals surface area (Å²) in [5.41, 5.74) is 3.43. The van der Waals surface area contributed by atoms with E-state index in [1.807, 2.05) is 36.1 Å². The number of hydrogen-bond donors (Lipinski definition) is 3. The van der Waals surface area contributed by atoms with Gasteiger partial charge in [-0.2, -0.15) is 0 Å². The number of carbonyl (C=O) groups is 4. The lowest BCUT2D eigenvalue weighted by atomic mass is 10.1. The minimum absolute atomic E-state index is 0.0249. The maximum Gasteiger partial charge on any atom is 0.323 e. The van der Waals surface area contributed by atoms with Crippen molar-refractivity contribution in [1.29, 1.82) is 0 Å². The zero-order valence-corrected chi connectivity index (χ0v) is 27.2. The second-order valence-corrected chi connectivity index (χ2v) is 11.4. The molecular weight excluding hydrogens is 602 g/mol. The molecule has 0 spiro atoms. The number of urea groups is 1. The summed E-state index contributed by atoms with van der Waals surface area (Å²) in [6, 6.07) is 19.2. The van der Waals surface area contributed by atoms with Gasteiger partial charge in [0.2, 0.25) is 5.91 Å². The fourth-order valence-corrected chi connectivity index (χ4v) is 5.27. The zero-order valence-electron chi connectivity index (χ0n) is 27.2. The molecule has 3 aromatic carbocycles. The van der Waals surface area contributed by atoms with Gasteiger partial charge in [-0.25, -0.2) is 4.79 Å². The van der Waals surface area contributed by atoms with Crippen molar-refractivity contribution in [2.45, 2.75) is 20.3 Å². The number of carboxylic acid groups (broad SMARTS) is 1. The normalized spacial score (nSPS) is 13.4. The number of methoxy groups -OCH3 is 1. The number of nitrogens with one attached hydrogen (secondary N) is 2. The van der Waals surface area contributed by atoms with Crippen molar-refractivity contribution in [1.82, 2.24) is 14.7 Å². The molecule has 250 valence electrons. The van der Waals surface area contributed by atoms with Crippen LogP contribution in [0.15, 0.2) is 66.7 Å². The molecule has 1 heterocycles. The summed E-state index contributed by atoms with van der Waals surface area (Å²) in [6.07, 6.45) is 0.117. The fourth-order valence-electron chi connectivity index (χ4n) is 5.27. The topological polar surface area (TPSA) is 141 Å². The van der Waals surface area contributed by atoms with Gasteiger partial charge < -0.3 is 30.1 Å². The number of benzene rings is 3. The quantitative estimate of drug-likeness (QED) is 0.209. The van der Waals surface area contributed by atoms with Crippen LogP contribution in [0.4, 0.5) is 16.2 Å². The van der Waals surface area contributed by atoms with Crippen LogP contribution in [0.2, 0.25) is 0 Å². The number of ketones is 1. The van der Waals surface area contributed by atoms with Crippen molar-refractivity contribution >= 4 is 35.1 Å². The van der Waals surface area contributed by atoms with E-state index < -0.39 is 12.0 Å². The number of hydrogen-bond acceptors (Lipinski definition) is 8. The molecule has 0 saturated carbocycles. The summed E-state index contributed by atoms with van der Waals surface area (Å²) in [6.45, 7) is 7.92. The van der Waals surface area contributed by atoms with Gasteiger partial charge in [0.15, 0.2) is 5.78 Å². The van der Waals surface area contributed by atoms with Crippen LogP contribution in [0.1, 0.15) is 28.4 Å². The summed E-state index contributed by atoms with van der Waals surface area (Å²) >= 11 is 0. The van der Waals surface area contributed by atoms with E-state index in [4.69, 9.17) is 14.6 Å². The molecule has 3 N–H and O–H groups in total. The first-order valence-corrected chi connectivity index (χ1v) is 15.6. The summed E-state index contributed by atoms with van der Waals surface area (Å²) in [7, 11) is 1.51. The minimum Gasteiger partial charge on any atom is -0.495 e. The summed E-state index contributed by atoms with van der Waals surface area (Å²) in [4.78, 5) is 54.9. The van der Waals surface area contributed by atoms with E-state index in [1.165, 1.54) is 14.0 Å². The molecule has 12 heteroatoms. The molecule has 1 saturated heterocycles. The number of para-hydroxylation sites is 1. The van der Waals surface area contributed by atoms with Crippen molar-refractivity contribution in [3.63, 3.8) is 0 Å². The molecule has 0 atom stereocenters. The second kappa shape index (κ2) is 17.1. The number of Topliss-reactive ketones (excluding diaryl/α,β-unsaturated/α-hetero) is 1. The van der Waals surface area contributed by atoms with E-state index >= 15 is 0 Å². The third-order valence-corrected chi connectivity index (χ3v) is 8.02. The lowest BCUT2D eigenvalue weighted by Crippen LogP contribution is -2.50. The first kappa shape index (κ1) is 34.9. The van der Waals surface area contributed by atoms with Crippen LogP contribution in [0.25, 0.3) is 0 Å². The molecule has 12 nitrogen and oxygen atoms in total. The summed E-state index contributed by atoms with van der Waals surface area (Å²) < 4.78 is 11.4. The molecule has 0 radical (unpaired) electrons. The number of carbonyl (C=O) groups excluding carboxylic acids is 3. The molecule has 0 unspecified atom stereocenters. The van der Waals surface area contributed by atoms with Gasteiger partial charge in [0.1, 0.15) is 18.1 Å². The van der Waals surface area contributed by atoms with Gasteiger partial charge in [0.25, 0.3) is 0 Å². The third-order valence-electron chi connectivity index (χ3n) is 8.02. The maximum atomic E-state index is 13.6. The van der Waals surface area contributed by atoms with E-state index in [9.17, 15) is 19.2 Å². The number of piperazine rings is 1. The first-order chi connectivity index (χ1) is 22.6. The lowest BCUT2D eigenvalue weighted by Gasteiger charge is -2.35. The molecule has 1 aliphatic heterocycles. The summed E-state index contributed by atoms with van der Waals surface area (Å²) in [5, 5.41) is 14.7. The fraction of sp³-hybridized carbons (Fsp3) is 0.371. The molecule has 1 fully saturated rings. The van der Waals surface area contributed by atoms with Gasteiger partial charge in [-0.15, -0.1) is 0 Å². The van der Waals surface area contributed by atoms with Crippen LogP contribution >= 0.6 is 0 Å². The standard InChI is InChI=1S/C35H43N5O7/c1-25-6-4-5-7-30(25)36-35(45)37-31-13-8-27(22-32(31)46-3)23-33(42)40(19-18-38-14-16-39(17-15-38)24-34(43)44)20-21-47-29-11-9-28(10-12-29)26(2)41/h4-13,22H,14-21,23-24H2,1-3H3,(H,43,44)(H2,36,37,45). The highest BCUT2D eigenvalue weighted by molar-refractivity contribution is 6.01. The number of aliphatic carboxylic acids is 1. The van der Waals surface area contributed by atoms with Crippen LogP contribution in [0, 0.1) is 6.92 Å². The Hall–Kier alpha value is -4.94. The Morgan fingerprint density at radius 2 is 1.55 bits per heavy atom. The van der Waals surface area contributed by atoms with E-state index in [0.29, 0.717) is 61.2 Å². The molecule has 3 amide bonds. The SMILES string of the molecule is COc1cc(CC(=O)N(CCOc2ccc(C(C)=O)cc2)CCN2CCN(CC(=O)O)CC2)ccc1NC(=O)Nc1ccccc1C. The Balaban J connectivity index is 1.38. The third kappa shape index (κ3) is 10.8. The molecule has 1 aliphatic rings. The minimum atomic E-state index is -0.836. The number of ether oxygens (including phenoxy) is 2. The van der Waals surface area contributed by atoms with Gasteiger partial charge in [0, 0.05) is 50.5 Å². The Labute approximate surface area is 275 Å². The van der Waals surface area contributed by atoms with Crippen molar-refractivity contribution in [3.8, 4) is 11.5 Å². The molecule has 0 aromatic heterocycles. The van der Waals surface area contributed by atoms with Gasteiger partial charge in [-0.3, -0.25) is 24.2 Å². The highest BCUT2D eigenvalue weighted by Gasteiger charge is 2.21. The highest BCUT2D eigenvalue weighted by Crippen LogP contribution is 2.27. The highest BCUT2D eigenvalue weighted by atomic mass is 16.5. The van der Waals surface area contributed by atoms with E-state index in [2.05, 4.69) is 15.5 Å². The smallest absolute Gasteiger partial charge is 0.323 e. The van der Waals surface area contributed by atoms with Crippen molar-refractivity contribution in [3.05, 3.63) is 83.4 Å². The molecule has 47 heavy (non-hydrogen) atoms. The van der Waals surface area contributed by atoms with Gasteiger partial charge in [-0.1, -0.05) is 24.3 Å². The van der Waals surface area contributed by atoms with E-state index in [0.717, 1.165) is 24.2 Å². The largest absolute Gasteiger partial charge is 0.495 e. The summed E-state index contributed by atoms with van der Waals surface area (Å²) in [5.74, 6) is 0.0833. The number of nitrogens with zero attached hydrogens (tertiary/aromatic N) is 3. The molecular formula is C35H43N5O7. The molecule has 0 aliphatic carbocycles. The maximum absolute atomic E-state index is 13.6. The Morgan fingerprint density at radius 3 is 2.21 bits per heavy atom. The van der Waals surface area contributed by atoms with Gasteiger partial charge in [0.05, 0.1) is 32.3 Å². The monoisotopic (exact) mass is 645 g/mol. The van der Waals surface area contributed by atoms with Gasteiger partial charge in [-0.05, 0) is 67.4 Å². The predicted molar refractivity (Wildman–Crippen MR) is 180 cm³/mol. The van der Waals surface area contributed by atoms with Gasteiger partial charge >= 0.3 is 12.0 Å². The number of rotatable bonds is 15. The van der Waals surface area contributed by atoms with Crippen molar-refractivity contribution in [2.24, 2.45) is 0 Å². The number of anilines is 2.